The number of rotatable bonds is 2. The van der Waals surface area contributed by atoms with Crippen LogP contribution in [0.2, 0.25) is 0 Å². The van der Waals surface area contributed by atoms with E-state index < -0.39 is 0 Å². The lowest BCUT2D eigenvalue weighted by atomic mass is 10.0. The van der Waals surface area contributed by atoms with Crippen LogP contribution in [0.5, 0.6) is 0 Å². The smallest absolute Gasteiger partial charge is 0.141 e. The molecule has 0 amide bonds. The van der Waals surface area contributed by atoms with Crippen LogP contribution in [-0.4, -0.2) is 38.1 Å². The van der Waals surface area contributed by atoms with E-state index in [2.05, 4.69) is 16.5 Å². The molecule has 1 unspecified atom stereocenters. The van der Waals surface area contributed by atoms with E-state index in [4.69, 9.17) is 9.57 Å². The molecule has 3 rings (SSSR count). The summed E-state index contributed by atoms with van der Waals surface area (Å²) in [5.41, 5.74) is 3.08. The van der Waals surface area contributed by atoms with Crippen LogP contribution in [0.4, 0.5) is 0 Å². The van der Waals surface area contributed by atoms with Crippen molar-refractivity contribution in [2.75, 3.05) is 26.3 Å². The lowest BCUT2D eigenvalue weighted by Crippen LogP contribution is -2.40. The van der Waals surface area contributed by atoms with E-state index in [0.29, 0.717) is 6.61 Å². The normalized spacial score (nSPS) is 23.9. The summed E-state index contributed by atoms with van der Waals surface area (Å²) in [7, 11) is 0. The number of benzene rings is 1. The van der Waals surface area contributed by atoms with E-state index in [9.17, 15) is 0 Å². The molecule has 2 heterocycles. The summed E-state index contributed by atoms with van der Waals surface area (Å²) in [5.74, 6) is 0. The molecule has 1 saturated heterocycles. The Hall–Kier alpha value is -1.65. The van der Waals surface area contributed by atoms with Gasteiger partial charge in [0.05, 0.1) is 12.7 Å². The minimum atomic E-state index is 0.105. The zero-order chi connectivity index (χ0) is 12.2. The zero-order valence-electron chi connectivity index (χ0n) is 10.1. The summed E-state index contributed by atoms with van der Waals surface area (Å²) >= 11 is 0. The third-order valence-electron chi connectivity index (χ3n) is 3.13. The maximum atomic E-state index is 5.74. The molecule has 0 aliphatic carbocycles. The minimum absolute atomic E-state index is 0.105. The molecule has 0 spiro atoms. The fourth-order valence-corrected chi connectivity index (χ4v) is 2.15. The van der Waals surface area contributed by atoms with Crippen molar-refractivity contribution in [1.82, 2.24) is 5.32 Å². The van der Waals surface area contributed by atoms with Gasteiger partial charge in [-0.1, -0.05) is 35.5 Å². The van der Waals surface area contributed by atoms with Crippen LogP contribution in [0, 0.1) is 0 Å². The van der Waals surface area contributed by atoms with Gasteiger partial charge in [0.15, 0.2) is 0 Å². The first kappa shape index (κ1) is 11.4. The van der Waals surface area contributed by atoms with E-state index >= 15 is 0 Å². The van der Waals surface area contributed by atoms with Crippen LogP contribution in [0.15, 0.2) is 47.1 Å². The van der Waals surface area contributed by atoms with Crippen LogP contribution in [0.1, 0.15) is 5.56 Å². The summed E-state index contributed by atoms with van der Waals surface area (Å²) in [6.45, 7) is 3.03. The van der Waals surface area contributed by atoms with Crippen LogP contribution in [0.25, 0.3) is 0 Å². The van der Waals surface area contributed by atoms with Gasteiger partial charge in [-0.25, -0.2) is 0 Å². The molecular formula is C14H16N2O2. The van der Waals surface area contributed by atoms with Gasteiger partial charge in [-0.2, -0.15) is 0 Å². The van der Waals surface area contributed by atoms with Crippen molar-refractivity contribution in [2.24, 2.45) is 5.16 Å². The largest absolute Gasteiger partial charge is 0.391 e. The van der Waals surface area contributed by atoms with Gasteiger partial charge >= 0.3 is 0 Å². The van der Waals surface area contributed by atoms with Gasteiger partial charge in [-0.15, -0.1) is 0 Å². The molecule has 0 saturated carbocycles. The Kier molecular flexibility index (Phi) is 3.39. The van der Waals surface area contributed by atoms with Crippen molar-refractivity contribution >= 4 is 5.71 Å². The summed E-state index contributed by atoms with van der Waals surface area (Å²) < 4.78 is 5.74. The Balaban J connectivity index is 1.80. The molecule has 0 bridgehead atoms. The predicted octanol–water partition coefficient (Wildman–Crippen LogP) is 1.34. The van der Waals surface area contributed by atoms with E-state index in [1.807, 2.05) is 30.3 Å². The van der Waals surface area contributed by atoms with Gasteiger partial charge in [0.2, 0.25) is 0 Å². The molecule has 1 aromatic carbocycles. The number of allylic oxidation sites excluding steroid dienone is 1. The monoisotopic (exact) mass is 244 g/mol. The number of ether oxygens (including phenoxy) is 1. The van der Waals surface area contributed by atoms with Crippen LogP contribution >= 0.6 is 0 Å². The molecule has 4 heteroatoms. The average Bonchev–Trinajstić information content (AvgIpc) is 2.49. The van der Waals surface area contributed by atoms with Gasteiger partial charge in [0, 0.05) is 24.2 Å². The van der Waals surface area contributed by atoms with E-state index in [-0.39, 0.29) is 6.10 Å². The second-order valence-corrected chi connectivity index (χ2v) is 4.40. The topological polar surface area (TPSA) is 42.8 Å². The van der Waals surface area contributed by atoms with Gasteiger partial charge in [-0.05, 0) is 6.08 Å². The number of nitrogens with one attached hydrogen (secondary N) is 1. The van der Waals surface area contributed by atoms with E-state index in [1.54, 1.807) is 0 Å². The summed E-state index contributed by atoms with van der Waals surface area (Å²) in [5, 5.41) is 7.43. The van der Waals surface area contributed by atoms with Gasteiger partial charge < -0.3 is 14.9 Å². The molecule has 1 aromatic rings. The zero-order valence-corrected chi connectivity index (χ0v) is 10.1. The van der Waals surface area contributed by atoms with Crippen molar-refractivity contribution < 1.29 is 9.57 Å². The first-order valence-corrected chi connectivity index (χ1v) is 6.21. The molecule has 0 radical (unpaired) electrons. The molecule has 18 heavy (non-hydrogen) atoms. The summed E-state index contributed by atoms with van der Waals surface area (Å²) in [4.78, 5) is 5.31. The molecule has 1 N–H and O–H groups in total. The molecule has 0 aromatic heterocycles. The second kappa shape index (κ2) is 5.33. The minimum Gasteiger partial charge on any atom is -0.391 e. The van der Waals surface area contributed by atoms with Crippen molar-refractivity contribution in [2.45, 2.75) is 6.10 Å². The molecule has 2 aliphatic heterocycles. The number of nitrogens with zero attached hydrogens (tertiary/aromatic N) is 1. The van der Waals surface area contributed by atoms with Crippen LogP contribution in [0.3, 0.4) is 0 Å². The predicted molar refractivity (Wildman–Crippen MR) is 69.6 cm³/mol. The van der Waals surface area contributed by atoms with Gasteiger partial charge in [0.1, 0.15) is 12.3 Å². The van der Waals surface area contributed by atoms with Crippen molar-refractivity contribution in [3.8, 4) is 0 Å². The van der Waals surface area contributed by atoms with E-state index in [0.717, 1.165) is 36.5 Å². The lowest BCUT2D eigenvalue weighted by molar-refractivity contribution is 0.0373. The molecule has 4 nitrogen and oxygen atoms in total. The Morgan fingerprint density at radius 3 is 2.89 bits per heavy atom. The summed E-state index contributed by atoms with van der Waals surface area (Å²) in [6, 6.07) is 10.0. The SMILES string of the molecule is C1=C(C2CNCCO2)CON=C1c1ccccc1. The Morgan fingerprint density at radius 1 is 1.22 bits per heavy atom. The van der Waals surface area contributed by atoms with E-state index in [1.165, 1.54) is 0 Å². The summed E-state index contributed by atoms with van der Waals surface area (Å²) in [6.07, 6.45) is 2.18. The van der Waals surface area contributed by atoms with Crippen LogP contribution < -0.4 is 5.32 Å². The Labute approximate surface area is 106 Å². The first-order valence-electron chi connectivity index (χ1n) is 6.21. The molecule has 1 atom stereocenters. The fourth-order valence-electron chi connectivity index (χ4n) is 2.15. The maximum Gasteiger partial charge on any atom is 0.141 e. The van der Waals surface area contributed by atoms with Crippen molar-refractivity contribution in [3.63, 3.8) is 0 Å². The first-order chi connectivity index (χ1) is 8.93. The lowest BCUT2D eigenvalue weighted by Gasteiger charge is -2.27. The quantitative estimate of drug-likeness (QED) is 0.853. The average molecular weight is 244 g/mol. The third kappa shape index (κ3) is 2.44. The molecular weight excluding hydrogens is 228 g/mol. The highest BCUT2D eigenvalue weighted by Crippen LogP contribution is 2.16. The fraction of sp³-hybridized carbons (Fsp3) is 0.357. The highest BCUT2D eigenvalue weighted by Gasteiger charge is 2.21. The van der Waals surface area contributed by atoms with Crippen molar-refractivity contribution in [3.05, 3.63) is 47.5 Å². The Bertz CT molecular complexity index is 462. The maximum absolute atomic E-state index is 5.74. The third-order valence-corrected chi connectivity index (χ3v) is 3.13. The standard InChI is InChI=1S/C14H16N2O2/c1-2-4-11(5-3-1)13-8-12(10-18-16-13)14-9-15-6-7-17-14/h1-5,8,14-15H,6-7,9-10H2. The highest BCUT2D eigenvalue weighted by molar-refractivity contribution is 6.09. The molecule has 94 valence electrons. The highest BCUT2D eigenvalue weighted by atomic mass is 16.6. The van der Waals surface area contributed by atoms with Gasteiger partial charge in [-0.3, -0.25) is 0 Å². The van der Waals surface area contributed by atoms with Crippen LogP contribution in [-0.2, 0) is 9.57 Å². The van der Waals surface area contributed by atoms with Crippen molar-refractivity contribution in [1.29, 1.82) is 0 Å². The second-order valence-electron chi connectivity index (χ2n) is 4.40. The van der Waals surface area contributed by atoms with Gasteiger partial charge in [0.25, 0.3) is 0 Å². The number of oxime groups is 1. The molecule has 1 fully saturated rings. The molecule has 2 aliphatic rings. The number of hydrogen-bond donors (Lipinski definition) is 1. The number of hydrogen-bond acceptors (Lipinski definition) is 4. The number of morpholine rings is 1. The Morgan fingerprint density at radius 2 is 2.11 bits per heavy atom.